The molecule has 0 saturated carbocycles. The summed E-state index contributed by atoms with van der Waals surface area (Å²) < 4.78 is 0. The molecule has 0 spiro atoms. The van der Waals surface area contributed by atoms with Crippen molar-refractivity contribution in [3.63, 3.8) is 0 Å². The molecule has 0 bridgehead atoms. The van der Waals surface area contributed by atoms with E-state index in [-0.39, 0.29) is 28.7 Å². The van der Waals surface area contributed by atoms with Crippen LogP contribution in [0, 0.1) is 10.1 Å². The average molecular weight is 412 g/mol. The molecule has 2 aromatic rings. The number of rotatable bonds is 5. The molecule has 0 fully saturated rings. The topological polar surface area (TPSA) is 105 Å². The lowest BCUT2D eigenvalue weighted by Gasteiger charge is -2.27. The number of amides is 1. The van der Waals surface area contributed by atoms with E-state index in [2.05, 4.69) is 10.5 Å². The second-order valence-corrected chi connectivity index (χ2v) is 9.32. The number of carbonyl (C=O) groups is 1. The van der Waals surface area contributed by atoms with E-state index in [1.54, 1.807) is 18.2 Å². The van der Waals surface area contributed by atoms with Crippen LogP contribution in [0.3, 0.4) is 0 Å². The minimum Gasteiger partial charge on any atom is -0.507 e. The first-order chi connectivity index (χ1) is 13.8. The fraction of sp³-hybridized carbons (Fsp3) is 0.391. The molecule has 0 atom stereocenters. The lowest BCUT2D eigenvalue weighted by atomic mass is 9.78. The maximum absolute atomic E-state index is 12.2. The van der Waals surface area contributed by atoms with Crippen LogP contribution in [0.4, 0.5) is 5.69 Å². The number of hydrogen-bond donors (Lipinski definition) is 2. The Morgan fingerprint density at radius 3 is 2.13 bits per heavy atom. The molecular formula is C23H29N3O4. The number of nitrogens with one attached hydrogen (secondary N) is 1. The largest absolute Gasteiger partial charge is 0.507 e. The number of phenols is 1. The van der Waals surface area contributed by atoms with Gasteiger partial charge in [0.15, 0.2) is 0 Å². The Hall–Kier alpha value is -3.22. The SMILES string of the molecule is CC(C)(C)c1cc(C=NNC(=O)Cc2ccccc2[N+](=O)[O-])cc(C(C)(C)C)c1O. The maximum Gasteiger partial charge on any atom is 0.273 e. The minimum atomic E-state index is -0.510. The highest BCUT2D eigenvalue weighted by Gasteiger charge is 2.26. The molecule has 0 saturated heterocycles. The fourth-order valence-corrected chi connectivity index (χ4v) is 3.10. The van der Waals surface area contributed by atoms with Crippen LogP contribution in [0.2, 0.25) is 0 Å². The van der Waals surface area contributed by atoms with Gasteiger partial charge in [0, 0.05) is 22.8 Å². The zero-order valence-corrected chi connectivity index (χ0v) is 18.3. The summed E-state index contributed by atoms with van der Waals surface area (Å²) in [5.74, 6) is -0.181. The van der Waals surface area contributed by atoms with Crippen LogP contribution < -0.4 is 5.43 Å². The van der Waals surface area contributed by atoms with Crippen molar-refractivity contribution in [3.8, 4) is 5.75 Å². The Morgan fingerprint density at radius 2 is 1.63 bits per heavy atom. The van der Waals surface area contributed by atoms with Crippen LogP contribution in [0.1, 0.15) is 63.8 Å². The lowest BCUT2D eigenvalue weighted by molar-refractivity contribution is -0.385. The molecule has 160 valence electrons. The van der Waals surface area contributed by atoms with Gasteiger partial charge in [-0.05, 0) is 28.5 Å². The smallest absolute Gasteiger partial charge is 0.273 e. The van der Waals surface area contributed by atoms with E-state index in [1.807, 2.05) is 53.7 Å². The highest BCUT2D eigenvalue weighted by molar-refractivity contribution is 5.84. The van der Waals surface area contributed by atoms with Gasteiger partial charge in [0.2, 0.25) is 5.91 Å². The number of nitro groups is 1. The van der Waals surface area contributed by atoms with Crippen LogP contribution in [0.15, 0.2) is 41.5 Å². The van der Waals surface area contributed by atoms with E-state index in [4.69, 9.17) is 0 Å². The summed E-state index contributed by atoms with van der Waals surface area (Å²) in [5, 5.41) is 25.9. The third-order valence-electron chi connectivity index (χ3n) is 4.69. The molecule has 2 rings (SSSR count). The van der Waals surface area contributed by atoms with Gasteiger partial charge in [-0.15, -0.1) is 0 Å². The van der Waals surface area contributed by atoms with Crippen molar-refractivity contribution in [1.29, 1.82) is 0 Å². The molecule has 0 aliphatic heterocycles. The average Bonchev–Trinajstić information content (AvgIpc) is 2.61. The van der Waals surface area contributed by atoms with E-state index in [9.17, 15) is 20.0 Å². The van der Waals surface area contributed by atoms with Crippen molar-refractivity contribution in [2.24, 2.45) is 5.10 Å². The summed E-state index contributed by atoms with van der Waals surface area (Å²) in [6.07, 6.45) is 1.37. The van der Waals surface area contributed by atoms with Crippen LogP contribution in [0.5, 0.6) is 5.75 Å². The third kappa shape index (κ3) is 5.65. The molecule has 0 unspecified atom stereocenters. The van der Waals surface area contributed by atoms with E-state index in [1.165, 1.54) is 12.3 Å². The maximum atomic E-state index is 12.2. The summed E-state index contributed by atoms with van der Waals surface area (Å²) in [6, 6.07) is 9.82. The predicted molar refractivity (Wildman–Crippen MR) is 118 cm³/mol. The van der Waals surface area contributed by atoms with Gasteiger partial charge in [-0.25, -0.2) is 5.43 Å². The molecule has 0 heterocycles. The lowest BCUT2D eigenvalue weighted by Crippen LogP contribution is -2.21. The van der Waals surface area contributed by atoms with Crippen molar-refractivity contribution >= 4 is 17.8 Å². The fourth-order valence-electron chi connectivity index (χ4n) is 3.10. The number of carbonyl (C=O) groups excluding carboxylic acids is 1. The summed E-state index contributed by atoms with van der Waals surface area (Å²) in [7, 11) is 0. The van der Waals surface area contributed by atoms with Gasteiger partial charge in [-0.3, -0.25) is 14.9 Å². The molecule has 0 radical (unpaired) electrons. The molecule has 2 aromatic carbocycles. The summed E-state index contributed by atoms with van der Waals surface area (Å²) in [4.78, 5) is 22.8. The van der Waals surface area contributed by atoms with Gasteiger partial charge in [0.1, 0.15) is 5.75 Å². The highest BCUT2D eigenvalue weighted by atomic mass is 16.6. The first kappa shape index (κ1) is 23.1. The first-order valence-electron chi connectivity index (χ1n) is 9.73. The van der Waals surface area contributed by atoms with Crippen molar-refractivity contribution in [3.05, 3.63) is 68.8 Å². The zero-order chi connectivity index (χ0) is 22.7. The molecule has 0 aliphatic rings. The molecule has 7 nitrogen and oxygen atoms in total. The number of phenolic OH excluding ortho intramolecular Hbond substituents is 1. The highest BCUT2D eigenvalue weighted by Crippen LogP contribution is 2.39. The molecule has 7 heteroatoms. The Balaban J connectivity index is 2.24. The van der Waals surface area contributed by atoms with Crippen LogP contribution in [-0.4, -0.2) is 22.2 Å². The molecular weight excluding hydrogens is 382 g/mol. The van der Waals surface area contributed by atoms with E-state index in [0.29, 0.717) is 5.56 Å². The standard InChI is InChI=1S/C23H29N3O4/c1-22(2,3)17-11-15(12-18(21(17)28)23(4,5)6)14-24-25-20(27)13-16-9-7-8-10-19(16)26(29)30/h7-12,14,28H,13H2,1-6H3,(H,25,27). The van der Waals surface area contributed by atoms with Crippen LogP contribution in [-0.2, 0) is 22.0 Å². The number of para-hydroxylation sites is 1. The van der Waals surface area contributed by atoms with Crippen molar-refractivity contribution in [2.45, 2.75) is 58.8 Å². The summed E-state index contributed by atoms with van der Waals surface area (Å²) >= 11 is 0. The molecule has 1 amide bonds. The number of benzene rings is 2. The Morgan fingerprint density at radius 1 is 1.10 bits per heavy atom. The van der Waals surface area contributed by atoms with Crippen LogP contribution >= 0.6 is 0 Å². The van der Waals surface area contributed by atoms with Gasteiger partial charge >= 0.3 is 0 Å². The molecule has 2 N–H and O–H groups in total. The van der Waals surface area contributed by atoms with Crippen molar-refractivity contribution < 1.29 is 14.8 Å². The Kier molecular flexibility index (Phi) is 6.65. The minimum absolute atomic E-state index is 0.0974. The monoisotopic (exact) mass is 411 g/mol. The predicted octanol–water partition coefficient (Wildman–Crippen LogP) is 4.59. The summed E-state index contributed by atoms with van der Waals surface area (Å²) in [6.45, 7) is 12.1. The number of aromatic hydroxyl groups is 1. The number of hydrogen-bond acceptors (Lipinski definition) is 5. The van der Waals surface area contributed by atoms with Gasteiger partial charge in [0.05, 0.1) is 17.6 Å². The zero-order valence-electron chi connectivity index (χ0n) is 18.3. The van der Waals surface area contributed by atoms with Crippen molar-refractivity contribution in [2.75, 3.05) is 0 Å². The van der Waals surface area contributed by atoms with Gasteiger partial charge < -0.3 is 5.11 Å². The van der Waals surface area contributed by atoms with Crippen LogP contribution in [0.25, 0.3) is 0 Å². The second kappa shape index (κ2) is 8.65. The molecule has 0 aliphatic carbocycles. The van der Waals surface area contributed by atoms with E-state index >= 15 is 0 Å². The third-order valence-corrected chi connectivity index (χ3v) is 4.69. The number of nitrogens with zero attached hydrogens (tertiary/aromatic N) is 2. The molecule has 0 aromatic heterocycles. The number of nitro benzene ring substituents is 1. The quantitative estimate of drug-likeness (QED) is 0.426. The second-order valence-electron chi connectivity index (χ2n) is 9.32. The number of hydrazone groups is 1. The Labute approximate surface area is 177 Å². The van der Waals surface area contributed by atoms with Gasteiger partial charge in [-0.1, -0.05) is 59.7 Å². The van der Waals surface area contributed by atoms with Crippen molar-refractivity contribution in [1.82, 2.24) is 5.43 Å². The molecule has 30 heavy (non-hydrogen) atoms. The van der Waals surface area contributed by atoms with E-state index in [0.717, 1.165) is 16.7 Å². The normalized spacial score (nSPS) is 12.2. The Bertz CT molecular complexity index is 948. The summed E-state index contributed by atoms with van der Waals surface area (Å²) in [5.41, 5.74) is 4.43. The first-order valence-corrected chi connectivity index (χ1v) is 9.73. The van der Waals surface area contributed by atoms with Gasteiger partial charge in [-0.2, -0.15) is 5.10 Å². The van der Waals surface area contributed by atoms with E-state index < -0.39 is 10.8 Å². The van der Waals surface area contributed by atoms with Gasteiger partial charge in [0.25, 0.3) is 5.69 Å².